The van der Waals surface area contributed by atoms with Crippen LogP contribution in [0.2, 0.25) is 0 Å². The quantitative estimate of drug-likeness (QED) is 0.760. The van der Waals surface area contributed by atoms with Crippen molar-refractivity contribution in [2.75, 3.05) is 12.1 Å². The van der Waals surface area contributed by atoms with Crippen molar-refractivity contribution in [3.05, 3.63) is 0 Å². The molecule has 2 atom stereocenters. The molecular formula is C11H20ClNOS. The highest BCUT2D eigenvalue weighted by Crippen LogP contribution is 2.26. The van der Waals surface area contributed by atoms with E-state index >= 15 is 0 Å². The lowest BCUT2D eigenvalue weighted by atomic mass is 9.95. The van der Waals surface area contributed by atoms with Gasteiger partial charge in [-0.3, -0.25) is 4.79 Å². The monoisotopic (exact) mass is 249 g/mol. The van der Waals surface area contributed by atoms with Gasteiger partial charge in [-0.2, -0.15) is 11.8 Å². The SMILES string of the molecule is CSC1CCCC(NC(=O)CCCCl)C1. The van der Waals surface area contributed by atoms with Crippen LogP contribution in [0.4, 0.5) is 0 Å². The number of rotatable bonds is 5. The zero-order valence-electron chi connectivity index (χ0n) is 9.30. The summed E-state index contributed by atoms with van der Waals surface area (Å²) in [6, 6.07) is 0.402. The number of hydrogen-bond acceptors (Lipinski definition) is 2. The van der Waals surface area contributed by atoms with E-state index in [-0.39, 0.29) is 5.91 Å². The minimum atomic E-state index is 0.169. The van der Waals surface area contributed by atoms with Crippen molar-refractivity contribution in [1.29, 1.82) is 0 Å². The van der Waals surface area contributed by atoms with Gasteiger partial charge in [-0.1, -0.05) is 6.42 Å². The second-order valence-electron chi connectivity index (χ2n) is 4.08. The lowest BCUT2D eigenvalue weighted by Gasteiger charge is -2.28. The number of halogens is 1. The molecule has 2 nitrogen and oxygen atoms in total. The molecular weight excluding hydrogens is 230 g/mol. The molecule has 0 aromatic carbocycles. The average Bonchev–Trinajstić information content (AvgIpc) is 2.26. The molecule has 1 amide bonds. The van der Waals surface area contributed by atoms with Crippen molar-refractivity contribution in [2.45, 2.75) is 49.8 Å². The van der Waals surface area contributed by atoms with Crippen molar-refractivity contribution in [3.63, 3.8) is 0 Å². The van der Waals surface area contributed by atoms with E-state index in [1.54, 1.807) is 0 Å². The van der Waals surface area contributed by atoms with Gasteiger partial charge in [-0.25, -0.2) is 0 Å². The molecule has 2 unspecified atom stereocenters. The van der Waals surface area contributed by atoms with E-state index in [1.165, 1.54) is 12.8 Å². The third-order valence-electron chi connectivity index (χ3n) is 2.86. The molecule has 1 fully saturated rings. The molecule has 1 rings (SSSR count). The van der Waals surface area contributed by atoms with Crippen LogP contribution in [0.3, 0.4) is 0 Å². The van der Waals surface area contributed by atoms with Gasteiger partial charge >= 0.3 is 0 Å². The summed E-state index contributed by atoms with van der Waals surface area (Å²) < 4.78 is 0. The van der Waals surface area contributed by atoms with Gasteiger partial charge in [0.15, 0.2) is 0 Å². The minimum absolute atomic E-state index is 0.169. The lowest BCUT2D eigenvalue weighted by Crippen LogP contribution is -2.39. The van der Waals surface area contributed by atoms with E-state index in [0.717, 1.165) is 24.5 Å². The summed E-state index contributed by atoms with van der Waals surface area (Å²) >= 11 is 7.47. The number of alkyl halides is 1. The van der Waals surface area contributed by atoms with E-state index in [0.29, 0.717) is 18.3 Å². The van der Waals surface area contributed by atoms with Gasteiger partial charge in [-0.05, 0) is 31.9 Å². The molecule has 1 saturated carbocycles. The maximum Gasteiger partial charge on any atom is 0.220 e. The summed E-state index contributed by atoms with van der Waals surface area (Å²) in [6.45, 7) is 0. The predicted molar refractivity (Wildman–Crippen MR) is 67.7 cm³/mol. The van der Waals surface area contributed by atoms with Crippen LogP contribution in [-0.4, -0.2) is 29.3 Å². The number of carbonyl (C=O) groups is 1. The summed E-state index contributed by atoms with van der Waals surface area (Å²) in [5.41, 5.74) is 0. The van der Waals surface area contributed by atoms with Crippen LogP contribution < -0.4 is 5.32 Å². The normalized spacial score (nSPS) is 26.3. The van der Waals surface area contributed by atoms with Gasteiger partial charge < -0.3 is 5.32 Å². The first-order chi connectivity index (χ1) is 7.26. The number of nitrogens with one attached hydrogen (secondary N) is 1. The van der Waals surface area contributed by atoms with Crippen LogP contribution >= 0.6 is 23.4 Å². The van der Waals surface area contributed by atoms with Gasteiger partial charge in [0.1, 0.15) is 0 Å². The Kier molecular flexibility index (Phi) is 6.50. The summed E-state index contributed by atoms with van der Waals surface area (Å²) in [5.74, 6) is 0.744. The Morgan fingerprint density at radius 3 is 3.00 bits per heavy atom. The second-order valence-corrected chi connectivity index (χ2v) is 5.60. The van der Waals surface area contributed by atoms with Gasteiger partial charge in [0.05, 0.1) is 0 Å². The van der Waals surface area contributed by atoms with Crippen LogP contribution in [-0.2, 0) is 4.79 Å². The smallest absolute Gasteiger partial charge is 0.220 e. The average molecular weight is 250 g/mol. The molecule has 0 aliphatic heterocycles. The Hall–Kier alpha value is 0.110. The zero-order chi connectivity index (χ0) is 11.1. The van der Waals surface area contributed by atoms with Crippen LogP contribution in [0.15, 0.2) is 0 Å². The maximum absolute atomic E-state index is 11.5. The first kappa shape index (κ1) is 13.2. The lowest BCUT2D eigenvalue weighted by molar-refractivity contribution is -0.122. The molecule has 1 aliphatic carbocycles. The molecule has 1 N–H and O–H groups in total. The molecule has 15 heavy (non-hydrogen) atoms. The molecule has 0 radical (unpaired) electrons. The Morgan fingerprint density at radius 1 is 1.53 bits per heavy atom. The van der Waals surface area contributed by atoms with Crippen molar-refractivity contribution >= 4 is 29.3 Å². The Labute approximate surface area is 102 Å². The second kappa shape index (κ2) is 7.39. The summed E-state index contributed by atoms with van der Waals surface area (Å²) in [7, 11) is 0. The molecule has 1 aliphatic rings. The molecule has 0 saturated heterocycles. The highest BCUT2D eigenvalue weighted by atomic mass is 35.5. The minimum Gasteiger partial charge on any atom is -0.353 e. The third-order valence-corrected chi connectivity index (χ3v) is 4.22. The summed E-state index contributed by atoms with van der Waals surface area (Å²) in [6.07, 6.45) is 8.33. The molecule has 0 aromatic rings. The van der Waals surface area contributed by atoms with E-state index in [4.69, 9.17) is 11.6 Å². The fraction of sp³-hybridized carbons (Fsp3) is 0.909. The Bertz CT molecular complexity index is 201. The van der Waals surface area contributed by atoms with E-state index < -0.39 is 0 Å². The van der Waals surface area contributed by atoms with Crippen molar-refractivity contribution in [2.24, 2.45) is 0 Å². The van der Waals surface area contributed by atoms with Crippen LogP contribution in [0.25, 0.3) is 0 Å². The van der Waals surface area contributed by atoms with E-state index in [2.05, 4.69) is 11.6 Å². The molecule has 4 heteroatoms. The van der Waals surface area contributed by atoms with E-state index in [9.17, 15) is 4.79 Å². The Balaban J connectivity index is 2.22. The standard InChI is InChI=1S/C11H20ClNOS/c1-15-10-5-2-4-9(8-10)13-11(14)6-3-7-12/h9-10H,2-8H2,1H3,(H,13,14). The summed E-state index contributed by atoms with van der Waals surface area (Å²) in [4.78, 5) is 11.5. The number of hydrogen-bond donors (Lipinski definition) is 1. The molecule has 0 bridgehead atoms. The fourth-order valence-corrected chi connectivity index (χ4v) is 2.98. The van der Waals surface area contributed by atoms with Crippen LogP contribution in [0.1, 0.15) is 38.5 Å². The third kappa shape index (κ3) is 5.12. The molecule has 88 valence electrons. The first-order valence-electron chi connectivity index (χ1n) is 5.64. The molecule has 0 heterocycles. The maximum atomic E-state index is 11.5. The van der Waals surface area contributed by atoms with E-state index in [1.807, 2.05) is 11.8 Å². The topological polar surface area (TPSA) is 29.1 Å². The zero-order valence-corrected chi connectivity index (χ0v) is 10.9. The van der Waals surface area contributed by atoms with Crippen molar-refractivity contribution in [3.8, 4) is 0 Å². The van der Waals surface area contributed by atoms with Crippen molar-refractivity contribution in [1.82, 2.24) is 5.32 Å². The van der Waals surface area contributed by atoms with Gasteiger partial charge in [0, 0.05) is 23.6 Å². The highest BCUT2D eigenvalue weighted by Gasteiger charge is 2.22. The number of thioether (sulfide) groups is 1. The largest absolute Gasteiger partial charge is 0.353 e. The highest BCUT2D eigenvalue weighted by molar-refractivity contribution is 7.99. The summed E-state index contributed by atoms with van der Waals surface area (Å²) in [5, 5.41) is 3.84. The predicted octanol–water partition coefficient (Wildman–Crippen LogP) is 2.80. The van der Waals surface area contributed by atoms with Gasteiger partial charge in [0.2, 0.25) is 5.91 Å². The number of carbonyl (C=O) groups excluding carboxylic acids is 1. The molecule has 0 aromatic heterocycles. The van der Waals surface area contributed by atoms with Gasteiger partial charge in [0.25, 0.3) is 0 Å². The number of amides is 1. The van der Waals surface area contributed by atoms with Crippen LogP contribution in [0.5, 0.6) is 0 Å². The fourth-order valence-electron chi connectivity index (χ4n) is 2.02. The van der Waals surface area contributed by atoms with Crippen LogP contribution in [0, 0.1) is 0 Å². The first-order valence-corrected chi connectivity index (χ1v) is 7.46. The molecule has 0 spiro atoms. The Morgan fingerprint density at radius 2 is 2.33 bits per heavy atom. The van der Waals surface area contributed by atoms with Gasteiger partial charge in [-0.15, -0.1) is 11.6 Å². The van der Waals surface area contributed by atoms with Crippen molar-refractivity contribution < 1.29 is 4.79 Å².